The lowest BCUT2D eigenvalue weighted by atomic mass is 9.96. The van der Waals surface area contributed by atoms with Crippen LogP contribution in [0.15, 0.2) is 42.5 Å². The summed E-state index contributed by atoms with van der Waals surface area (Å²) >= 11 is 0. The van der Waals surface area contributed by atoms with Crippen LogP contribution in [0.5, 0.6) is 17.2 Å². The quantitative estimate of drug-likeness (QED) is 0.508. The normalized spacial score (nSPS) is 11.3. The number of benzene rings is 2. The molecule has 0 aliphatic heterocycles. The van der Waals surface area contributed by atoms with E-state index in [1.165, 1.54) is 27.4 Å². The molecule has 0 aromatic heterocycles. The van der Waals surface area contributed by atoms with Gasteiger partial charge < -0.3 is 18.9 Å². The highest BCUT2D eigenvalue weighted by Gasteiger charge is 2.30. The number of carbonyl (C=O) groups is 2. The molecule has 0 spiro atoms. The monoisotopic (exact) mass is 466 g/mol. The third kappa shape index (κ3) is 6.29. The van der Waals surface area contributed by atoms with Gasteiger partial charge in [0.05, 0.1) is 33.1 Å². The first-order valence-corrected chi connectivity index (χ1v) is 10.7. The van der Waals surface area contributed by atoms with E-state index < -0.39 is 17.6 Å². The first-order valence-electron chi connectivity index (χ1n) is 10.7. The summed E-state index contributed by atoms with van der Waals surface area (Å²) < 4.78 is 21.6. The van der Waals surface area contributed by atoms with Crippen molar-refractivity contribution in [2.45, 2.75) is 39.7 Å². The van der Waals surface area contributed by atoms with Crippen LogP contribution in [0.2, 0.25) is 0 Å². The molecule has 0 atom stereocenters. The second kappa shape index (κ2) is 11.2. The summed E-state index contributed by atoms with van der Waals surface area (Å²) in [5, 5.41) is 9.48. The maximum atomic E-state index is 13.0. The Morgan fingerprint density at radius 1 is 0.971 bits per heavy atom. The summed E-state index contributed by atoms with van der Waals surface area (Å²) in [4.78, 5) is 26.8. The summed E-state index contributed by atoms with van der Waals surface area (Å²) in [6.45, 7) is 6.81. The fourth-order valence-electron chi connectivity index (χ4n) is 3.19. The molecule has 0 aliphatic rings. The number of carbonyl (C=O) groups excluding carboxylic acids is 2. The van der Waals surface area contributed by atoms with Crippen LogP contribution >= 0.6 is 0 Å². The van der Waals surface area contributed by atoms with Crippen molar-refractivity contribution in [2.24, 2.45) is 0 Å². The highest BCUT2D eigenvalue weighted by molar-refractivity contribution is 6.13. The van der Waals surface area contributed by atoms with Gasteiger partial charge in [0.15, 0.2) is 0 Å². The molecule has 0 N–H and O–H groups in total. The maximum Gasteiger partial charge on any atom is 0.421 e. The third-order valence-corrected chi connectivity index (χ3v) is 4.73. The number of methoxy groups -OCH3 is 3. The minimum absolute atomic E-state index is 0.0700. The average Bonchev–Trinajstić information content (AvgIpc) is 2.80. The van der Waals surface area contributed by atoms with E-state index in [-0.39, 0.29) is 12.1 Å². The SMILES string of the molecule is CCC(=O)N(C(=O)OC(C)(C)C)c1cc(C(=CC#N)c2cc(OC)cc(OC)c2)ccc1OC. The van der Waals surface area contributed by atoms with Crippen LogP contribution in [0.3, 0.4) is 0 Å². The zero-order valence-electron chi connectivity index (χ0n) is 20.6. The van der Waals surface area contributed by atoms with E-state index in [0.717, 1.165) is 4.90 Å². The predicted octanol–water partition coefficient (Wildman–Crippen LogP) is 5.35. The Hall–Kier alpha value is -3.99. The molecule has 0 saturated heterocycles. The van der Waals surface area contributed by atoms with Crippen molar-refractivity contribution in [3.63, 3.8) is 0 Å². The van der Waals surface area contributed by atoms with Gasteiger partial charge in [0.1, 0.15) is 22.8 Å². The van der Waals surface area contributed by atoms with Crippen molar-refractivity contribution >= 4 is 23.3 Å². The van der Waals surface area contributed by atoms with Crippen molar-refractivity contribution in [3.05, 3.63) is 53.6 Å². The van der Waals surface area contributed by atoms with E-state index >= 15 is 0 Å². The Morgan fingerprint density at radius 2 is 1.59 bits per heavy atom. The third-order valence-electron chi connectivity index (χ3n) is 4.73. The maximum absolute atomic E-state index is 13.0. The van der Waals surface area contributed by atoms with Gasteiger partial charge in [-0.1, -0.05) is 13.0 Å². The molecule has 2 aromatic carbocycles. The molecule has 2 amide bonds. The van der Waals surface area contributed by atoms with Crippen molar-refractivity contribution in [1.29, 1.82) is 5.26 Å². The number of nitrogens with zero attached hydrogens (tertiary/aromatic N) is 2. The lowest BCUT2D eigenvalue weighted by Gasteiger charge is -2.27. The summed E-state index contributed by atoms with van der Waals surface area (Å²) in [7, 11) is 4.51. The van der Waals surface area contributed by atoms with E-state index in [1.807, 2.05) is 0 Å². The van der Waals surface area contributed by atoms with Gasteiger partial charge in [-0.15, -0.1) is 0 Å². The molecular formula is C26H30N2O6. The molecule has 0 fully saturated rings. The molecule has 2 rings (SSSR count). The second-order valence-corrected chi connectivity index (χ2v) is 8.24. The van der Waals surface area contributed by atoms with Crippen LogP contribution in [0.1, 0.15) is 45.2 Å². The Bertz CT molecular complexity index is 1100. The molecule has 180 valence electrons. The van der Waals surface area contributed by atoms with E-state index in [4.69, 9.17) is 18.9 Å². The fourth-order valence-corrected chi connectivity index (χ4v) is 3.19. The zero-order chi connectivity index (χ0) is 25.5. The predicted molar refractivity (Wildman–Crippen MR) is 129 cm³/mol. The summed E-state index contributed by atoms with van der Waals surface area (Å²) in [5.41, 5.74) is 1.16. The smallest absolute Gasteiger partial charge is 0.421 e. The number of hydrogen-bond acceptors (Lipinski definition) is 7. The first-order chi connectivity index (χ1) is 16.1. The van der Waals surface area contributed by atoms with Gasteiger partial charge in [-0.3, -0.25) is 4.79 Å². The Morgan fingerprint density at radius 3 is 2.06 bits per heavy atom. The fraction of sp³-hybridized carbons (Fsp3) is 0.346. The van der Waals surface area contributed by atoms with Gasteiger partial charge in [0.2, 0.25) is 5.91 Å². The van der Waals surface area contributed by atoms with E-state index in [0.29, 0.717) is 33.9 Å². The number of amides is 2. The molecule has 0 saturated carbocycles. The minimum Gasteiger partial charge on any atom is -0.497 e. The summed E-state index contributed by atoms with van der Waals surface area (Å²) in [5.74, 6) is 0.932. The van der Waals surface area contributed by atoms with Crippen molar-refractivity contribution < 1.29 is 28.5 Å². The Kier molecular flexibility index (Phi) is 8.68. The lowest BCUT2D eigenvalue weighted by molar-refractivity contribution is -0.118. The largest absolute Gasteiger partial charge is 0.497 e. The van der Waals surface area contributed by atoms with E-state index in [2.05, 4.69) is 6.07 Å². The molecule has 0 heterocycles. The van der Waals surface area contributed by atoms with Crippen molar-refractivity contribution in [3.8, 4) is 23.3 Å². The number of ether oxygens (including phenoxy) is 4. The van der Waals surface area contributed by atoms with Crippen LogP contribution in [0.25, 0.3) is 5.57 Å². The van der Waals surface area contributed by atoms with Crippen LogP contribution in [0.4, 0.5) is 10.5 Å². The summed E-state index contributed by atoms with van der Waals surface area (Å²) in [6.07, 6.45) is 0.628. The van der Waals surface area contributed by atoms with Gasteiger partial charge in [0.25, 0.3) is 0 Å². The number of allylic oxidation sites excluding steroid dienone is 1. The Labute approximate surface area is 200 Å². The standard InChI is InChI=1S/C26H30N2O6/c1-8-24(29)28(25(30)34-26(2,3)4)22-15-17(9-10-23(22)33-7)21(11-12-27)18-13-19(31-5)16-20(14-18)32-6/h9-11,13-16H,8H2,1-7H3. The number of hydrogen-bond donors (Lipinski definition) is 0. The molecule has 0 aliphatic carbocycles. The molecular weight excluding hydrogens is 436 g/mol. The summed E-state index contributed by atoms with van der Waals surface area (Å²) in [6, 6.07) is 12.3. The molecule has 0 radical (unpaired) electrons. The van der Waals surface area contributed by atoms with Crippen molar-refractivity contribution in [2.75, 3.05) is 26.2 Å². The number of nitriles is 1. The van der Waals surface area contributed by atoms with Crippen LogP contribution in [-0.4, -0.2) is 38.9 Å². The van der Waals surface area contributed by atoms with Crippen molar-refractivity contribution in [1.82, 2.24) is 0 Å². The Balaban J connectivity index is 2.72. The molecule has 0 bridgehead atoms. The van der Waals surface area contributed by atoms with Crippen LogP contribution < -0.4 is 19.1 Å². The average molecular weight is 467 g/mol. The highest BCUT2D eigenvalue weighted by atomic mass is 16.6. The van der Waals surface area contributed by atoms with Gasteiger partial charge in [-0.25, -0.2) is 9.69 Å². The van der Waals surface area contributed by atoms with Gasteiger partial charge in [-0.2, -0.15) is 5.26 Å². The topological polar surface area (TPSA) is 98.1 Å². The molecule has 34 heavy (non-hydrogen) atoms. The van der Waals surface area contributed by atoms with Crippen LogP contribution in [-0.2, 0) is 9.53 Å². The van der Waals surface area contributed by atoms with Gasteiger partial charge in [-0.05, 0) is 61.7 Å². The first kappa shape index (κ1) is 26.3. The van der Waals surface area contributed by atoms with Gasteiger partial charge in [0, 0.05) is 18.6 Å². The van der Waals surface area contributed by atoms with E-state index in [1.54, 1.807) is 64.1 Å². The lowest BCUT2D eigenvalue weighted by Crippen LogP contribution is -2.41. The number of anilines is 1. The zero-order valence-corrected chi connectivity index (χ0v) is 20.6. The number of imide groups is 1. The second-order valence-electron chi connectivity index (χ2n) is 8.24. The number of rotatable bonds is 7. The molecule has 0 unspecified atom stereocenters. The molecule has 2 aromatic rings. The minimum atomic E-state index is -0.816. The van der Waals surface area contributed by atoms with E-state index in [9.17, 15) is 14.9 Å². The molecule has 8 nitrogen and oxygen atoms in total. The highest BCUT2D eigenvalue weighted by Crippen LogP contribution is 2.37. The van der Waals surface area contributed by atoms with Crippen LogP contribution in [0, 0.1) is 11.3 Å². The molecule has 8 heteroatoms. The van der Waals surface area contributed by atoms with Gasteiger partial charge >= 0.3 is 6.09 Å².